The number of benzene rings is 2. The summed E-state index contributed by atoms with van der Waals surface area (Å²) in [4.78, 5) is 12.5. The molecule has 0 aliphatic rings. The first-order valence-corrected chi connectivity index (χ1v) is 8.78. The number of ether oxygens (including phenoxy) is 1. The van der Waals surface area contributed by atoms with Crippen LogP contribution in [0.15, 0.2) is 59.8 Å². The fourth-order valence-corrected chi connectivity index (χ4v) is 3.35. The fourth-order valence-electron chi connectivity index (χ4n) is 2.46. The van der Waals surface area contributed by atoms with Crippen molar-refractivity contribution in [3.63, 3.8) is 0 Å². The molecule has 6 heteroatoms. The van der Waals surface area contributed by atoms with Crippen LogP contribution < -0.4 is 4.74 Å². The Hall–Kier alpha value is -2.60. The molecule has 0 N–H and O–H groups in total. The third-order valence-electron chi connectivity index (χ3n) is 3.89. The van der Waals surface area contributed by atoms with Crippen LogP contribution in [0.3, 0.4) is 0 Å². The van der Waals surface area contributed by atoms with Gasteiger partial charge in [-0.25, -0.2) is 0 Å². The molecule has 0 radical (unpaired) electrons. The lowest BCUT2D eigenvalue weighted by molar-refractivity contribution is 0.0994. The van der Waals surface area contributed by atoms with Crippen LogP contribution in [-0.4, -0.2) is 32.9 Å². The smallest absolute Gasteiger partial charge is 0.191 e. The number of hydrogen-bond acceptors (Lipinski definition) is 5. The zero-order valence-corrected chi connectivity index (χ0v) is 15.2. The number of thioether (sulfide) groups is 1. The summed E-state index contributed by atoms with van der Waals surface area (Å²) in [6.07, 6.45) is 0. The van der Waals surface area contributed by atoms with Gasteiger partial charge in [-0.3, -0.25) is 4.79 Å². The van der Waals surface area contributed by atoms with Gasteiger partial charge >= 0.3 is 0 Å². The van der Waals surface area contributed by atoms with E-state index in [1.165, 1.54) is 11.8 Å². The number of aromatic nitrogens is 3. The van der Waals surface area contributed by atoms with Crippen LogP contribution in [-0.2, 0) is 7.05 Å². The number of methoxy groups -OCH3 is 1. The van der Waals surface area contributed by atoms with Gasteiger partial charge in [-0.1, -0.05) is 42.1 Å². The summed E-state index contributed by atoms with van der Waals surface area (Å²) < 4.78 is 7.08. The third-order valence-corrected chi connectivity index (χ3v) is 5.03. The lowest BCUT2D eigenvalue weighted by atomic mass is 10.1. The Balaban J connectivity index is 1.77. The minimum absolute atomic E-state index is 0.0830. The van der Waals surface area contributed by atoms with Crippen LogP contribution in [0.4, 0.5) is 0 Å². The molecule has 0 saturated heterocycles. The SMILES string of the molecule is COc1ccc(-c2nnc(S[C@H](C)C(=O)c3ccccc3)n2C)cc1. The van der Waals surface area contributed by atoms with Gasteiger partial charge in [0.1, 0.15) is 5.75 Å². The van der Waals surface area contributed by atoms with E-state index >= 15 is 0 Å². The quantitative estimate of drug-likeness (QED) is 0.498. The van der Waals surface area contributed by atoms with Gasteiger partial charge in [0, 0.05) is 18.2 Å². The largest absolute Gasteiger partial charge is 0.497 e. The highest BCUT2D eigenvalue weighted by Crippen LogP contribution is 2.28. The van der Waals surface area contributed by atoms with E-state index in [-0.39, 0.29) is 11.0 Å². The van der Waals surface area contributed by atoms with E-state index < -0.39 is 0 Å². The maximum atomic E-state index is 12.5. The molecule has 5 nitrogen and oxygen atoms in total. The summed E-state index contributed by atoms with van der Waals surface area (Å²) in [6.45, 7) is 1.89. The van der Waals surface area contributed by atoms with E-state index in [1.54, 1.807) is 7.11 Å². The minimum atomic E-state index is -0.242. The van der Waals surface area contributed by atoms with E-state index in [0.717, 1.165) is 17.1 Å². The summed E-state index contributed by atoms with van der Waals surface area (Å²) in [5, 5.41) is 8.98. The predicted octanol–water partition coefficient (Wildman–Crippen LogP) is 3.85. The van der Waals surface area contributed by atoms with E-state index in [0.29, 0.717) is 10.7 Å². The van der Waals surface area contributed by atoms with Crippen molar-refractivity contribution >= 4 is 17.5 Å². The zero-order chi connectivity index (χ0) is 17.8. The Bertz CT molecular complexity index is 860. The molecule has 0 amide bonds. The van der Waals surface area contributed by atoms with Crippen molar-refractivity contribution in [3.05, 3.63) is 60.2 Å². The average Bonchev–Trinajstić information content (AvgIpc) is 3.02. The van der Waals surface area contributed by atoms with Crippen LogP contribution in [0.1, 0.15) is 17.3 Å². The van der Waals surface area contributed by atoms with Crippen molar-refractivity contribution in [3.8, 4) is 17.1 Å². The monoisotopic (exact) mass is 353 g/mol. The summed E-state index contributed by atoms with van der Waals surface area (Å²) in [5.74, 6) is 1.63. The molecule has 0 saturated carbocycles. The molecule has 0 spiro atoms. The lowest BCUT2D eigenvalue weighted by Crippen LogP contribution is -2.14. The zero-order valence-electron chi connectivity index (χ0n) is 14.3. The van der Waals surface area contributed by atoms with Crippen molar-refractivity contribution in [2.24, 2.45) is 7.05 Å². The summed E-state index contributed by atoms with van der Waals surface area (Å²) in [7, 11) is 3.54. The van der Waals surface area contributed by atoms with Crippen LogP contribution >= 0.6 is 11.8 Å². The van der Waals surface area contributed by atoms with Crippen molar-refractivity contribution < 1.29 is 9.53 Å². The van der Waals surface area contributed by atoms with Gasteiger partial charge in [0.2, 0.25) is 0 Å². The molecular weight excluding hydrogens is 334 g/mol. The number of hydrogen-bond donors (Lipinski definition) is 0. The first-order chi connectivity index (χ1) is 12.1. The highest BCUT2D eigenvalue weighted by molar-refractivity contribution is 8.00. The summed E-state index contributed by atoms with van der Waals surface area (Å²) in [5.41, 5.74) is 1.66. The molecule has 0 bridgehead atoms. The number of Topliss-reactive ketones (excluding diaryl/α,β-unsaturated/α-hetero) is 1. The Morgan fingerprint density at radius 2 is 1.76 bits per heavy atom. The van der Waals surface area contributed by atoms with Crippen LogP contribution in [0, 0.1) is 0 Å². The fraction of sp³-hybridized carbons (Fsp3) is 0.211. The molecule has 25 heavy (non-hydrogen) atoms. The topological polar surface area (TPSA) is 57.0 Å². The molecule has 0 unspecified atom stereocenters. The normalized spacial score (nSPS) is 12.0. The Kier molecular flexibility index (Phi) is 5.19. The highest BCUT2D eigenvalue weighted by atomic mass is 32.2. The average molecular weight is 353 g/mol. The molecule has 1 atom stereocenters. The van der Waals surface area contributed by atoms with Gasteiger partial charge in [0.15, 0.2) is 16.8 Å². The van der Waals surface area contributed by atoms with Gasteiger partial charge < -0.3 is 9.30 Å². The Morgan fingerprint density at radius 1 is 1.08 bits per heavy atom. The predicted molar refractivity (Wildman–Crippen MR) is 99.1 cm³/mol. The first kappa shape index (κ1) is 17.2. The minimum Gasteiger partial charge on any atom is -0.497 e. The van der Waals surface area contributed by atoms with Gasteiger partial charge in [-0.05, 0) is 31.2 Å². The molecule has 2 aromatic carbocycles. The number of rotatable bonds is 6. The van der Waals surface area contributed by atoms with E-state index in [2.05, 4.69) is 10.2 Å². The van der Waals surface area contributed by atoms with E-state index in [1.807, 2.05) is 73.1 Å². The van der Waals surface area contributed by atoms with Gasteiger partial charge in [-0.15, -0.1) is 10.2 Å². The van der Waals surface area contributed by atoms with Crippen molar-refractivity contribution in [1.29, 1.82) is 0 Å². The van der Waals surface area contributed by atoms with Gasteiger partial charge in [-0.2, -0.15) is 0 Å². The van der Waals surface area contributed by atoms with Crippen LogP contribution in [0.2, 0.25) is 0 Å². The molecule has 0 fully saturated rings. The highest BCUT2D eigenvalue weighted by Gasteiger charge is 2.20. The van der Waals surface area contributed by atoms with Crippen molar-refractivity contribution in [2.75, 3.05) is 7.11 Å². The standard InChI is InChI=1S/C19H19N3O2S/c1-13(17(23)14-7-5-4-6-8-14)25-19-21-20-18(22(19)2)15-9-11-16(24-3)12-10-15/h4-13H,1-3H3/t13-/m1/s1. The first-order valence-electron chi connectivity index (χ1n) is 7.90. The van der Waals surface area contributed by atoms with Crippen LogP contribution in [0.5, 0.6) is 5.75 Å². The van der Waals surface area contributed by atoms with E-state index in [9.17, 15) is 4.79 Å². The molecule has 3 aromatic rings. The Morgan fingerprint density at radius 3 is 2.40 bits per heavy atom. The number of ketones is 1. The van der Waals surface area contributed by atoms with Gasteiger partial charge in [0.25, 0.3) is 0 Å². The number of nitrogens with zero attached hydrogens (tertiary/aromatic N) is 3. The van der Waals surface area contributed by atoms with E-state index in [4.69, 9.17) is 4.74 Å². The lowest BCUT2D eigenvalue weighted by Gasteiger charge is -2.10. The third kappa shape index (κ3) is 3.74. The molecule has 3 rings (SSSR count). The summed E-state index contributed by atoms with van der Waals surface area (Å²) in [6, 6.07) is 17.0. The van der Waals surface area contributed by atoms with Crippen molar-refractivity contribution in [2.45, 2.75) is 17.3 Å². The van der Waals surface area contributed by atoms with Gasteiger partial charge in [0.05, 0.1) is 12.4 Å². The Labute approximate surface area is 151 Å². The number of carbonyl (C=O) groups is 1. The molecule has 1 heterocycles. The summed E-state index contributed by atoms with van der Waals surface area (Å²) >= 11 is 1.41. The number of carbonyl (C=O) groups excluding carboxylic acids is 1. The molecule has 1 aromatic heterocycles. The van der Waals surface area contributed by atoms with Crippen molar-refractivity contribution in [1.82, 2.24) is 14.8 Å². The maximum absolute atomic E-state index is 12.5. The molecule has 128 valence electrons. The maximum Gasteiger partial charge on any atom is 0.191 e. The molecule has 0 aliphatic carbocycles. The second-order valence-corrected chi connectivity index (χ2v) is 6.89. The molecule has 0 aliphatic heterocycles. The second-order valence-electron chi connectivity index (χ2n) is 5.58. The molecular formula is C19H19N3O2S. The second kappa shape index (κ2) is 7.53. The van der Waals surface area contributed by atoms with Crippen LogP contribution in [0.25, 0.3) is 11.4 Å².